The molecule has 0 atom stereocenters. The molecule has 0 aliphatic carbocycles. The molecular weight excluding hydrogens is 624 g/mol. The van der Waals surface area contributed by atoms with Crippen LogP contribution in [0.3, 0.4) is 0 Å². The molecule has 2 amide bonds. The molecule has 0 radical (unpaired) electrons. The summed E-state index contributed by atoms with van der Waals surface area (Å²) in [6.45, 7) is 10.8. The maximum absolute atomic E-state index is 14.0. The Morgan fingerprint density at radius 2 is 1.69 bits per heavy atom. The SMILES string of the molecule is CCN(c1cc(-c2ccc3c(c2)n(C)c(=O)n3C2CCN(C(=O)O)CC2)cc(C(=O)NCc2c(C)cc(C)[nH]c2=O)c1C)C1CCOCC1. The number of likely N-dealkylation sites (tertiary alicyclic amines) is 1. The van der Waals surface area contributed by atoms with Gasteiger partial charge in [-0.05, 0) is 106 Å². The van der Waals surface area contributed by atoms with Gasteiger partial charge in [-0.1, -0.05) is 6.07 Å². The number of anilines is 1. The van der Waals surface area contributed by atoms with Gasteiger partial charge >= 0.3 is 11.8 Å². The predicted molar refractivity (Wildman–Crippen MR) is 190 cm³/mol. The number of carbonyl (C=O) groups excluding carboxylic acids is 1. The molecule has 2 aromatic heterocycles. The first-order valence-corrected chi connectivity index (χ1v) is 17.1. The van der Waals surface area contributed by atoms with Crippen molar-refractivity contribution < 1.29 is 19.4 Å². The van der Waals surface area contributed by atoms with Gasteiger partial charge in [-0.3, -0.25) is 18.7 Å². The van der Waals surface area contributed by atoms with E-state index in [0.29, 0.717) is 50.3 Å². The zero-order valence-electron chi connectivity index (χ0n) is 29.0. The lowest BCUT2D eigenvalue weighted by Gasteiger charge is -2.37. The first-order chi connectivity index (χ1) is 23.5. The van der Waals surface area contributed by atoms with E-state index in [1.807, 2.05) is 51.1 Å². The number of aromatic amines is 1. The third-order valence-electron chi connectivity index (χ3n) is 10.3. The molecule has 0 bridgehead atoms. The topological polar surface area (TPSA) is 142 Å². The van der Waals surface area contributed by atoms with Gasteiger partial charge in [0, 0.05) is 81.0 Å². The molecule has 3 N–H and O–H groups in total. The largest absolute Gasteiger partial charge is 0.465 e. The Labute approximate surface area is 285 Å². The number of rotatable bonds is 8. The Hall–Kier alpha value is -4.84. The number of benzene rings is 2. The molecule has 2 saturated heterocycles. The van der Waals surface area contributed by atoms with Crippen molar-refractivity contribution in [2.45, 2.75) is 72.0 Å². The number of carboxylic acid groups (broad SMARTS) is 1. The van der Waals surface area contributed by atoms with Crippen molar-refractivity contribution >= 4 is 28.7 Å². The van der Waals surface area contributed by atoms with Crippen LogP contribution in [0.4, 0.5) is 10.5 Å². The first kappa shape index (κ1) is 34.0. The number of nitrogens with zero attached hydrogens (tertiary/aromatic N) is 4. The van der Waals surface area contributed by atoms with Crippen LogP contribution in [0.15, 0.2) is 46.0 Å². The van der Waals surface area contributed by atoms with Gasteiger partial charge < -0.3 is 29.9 Å². The number of ether oxygens (including phenoxy) is 1. The fraction of sp³-hybridized carbons (Fsp3) is 0.459. The predicted octanol–water partition coefficient (Wildman–Crippen LogP) is 4.87. The number of amides is 2. The Morgan fingerprint density at radius 1 is 0.980 bits per heavy atom. The van der Waals surface area contributed by atoms with Crippen molar-refractivity contribution in [2.75, 3.05) is 37.7 Å². The average Bonchev–Trinajstić information content (AvgIpc) is 3.34. The maximum atomic E-state index is 14.0. The van der Waals surface area contributed by atoms with E-state index in [2.05, 4.69) is 28.2 Å². The van der Waals surface area contributed by atoms with Crippen LogP contribution in [0.25, 0.3) is 22.2 Å². The highest BCUT2D eigenvalue weighted by atomic mass is 16.5. The zero-order chi connectivity index (χ0) is 35.0. The Balaban J connectivity index is 1.40. The van der Waals surface area contributed by atoms with Gasteiger partial charge in [0.2, 0.25) is 0 Å². The van der Waals surface area contributed by atoms with Crippen molar-refractivity contribution in [3.8, 4) is 11.1 Å². The third kappa shape index (κ3) is 6.61. The fourth-order valence-electron chi connectivity index (χ4n) is 7.60. The molecule has 49 heavy (non-hydrogen) atoms. The smallest absolute Gasteiger partial charge is 0.407 e. The molecule has 2 aliphatic rings. The van der Waals surface area contributed by atoms with Gasteiger partial charge in [0.25, 0.3) is 11.5 Å². The van der Waals surface area contributed by atoms with Crippen LogP contribution in [0.5, 0.6) is 0 Å². The lowest BCUT2D eigenvalue weighted by molar-refractivity contribution is 0.0846. The Morgan fingerprint density at radius 3 is 2.35 bits per heavy atom. The van der Waals surface area contributed by atoms with Crippen molar-refractivity contribution in [2.24, 2.45) is 7.05 Å². The van der Waals surface area contributed by atoms with Gasteiger partial charge in [-0.2, -0.15) is 0 Å². The molecule has 2 aromatic carbocycles. The lowest BCUT2D eigenvalue weighted by Crippen LogP contribution is -2.40. The quantitative estimate of drug-likeness (QED) is 0.243. The number of imidazole rings is 1. The van der Waals surface area contributed by atoms with Gasteiger partial charge in [0.1, 0.15) is 0 Å². The van der Waals surface area contributed by atoms with E-state index < -0.39 is 6.09 Å². The van der Waals surface area contributed by atoms with Crippen molar-refractivity contribution in [1.29, 1.82) is 0 Å². The molecule has 260 valence electrons. The molecule has 4 aromatic rings. The molecule has 0 spiro atoms. The first-order valence-electron chi connectivity index (χ1n) is 17.1. The van der Waals surface area contributed by atoms with Gasteiger partial charge in [0.15, 0.2) is 0 Å². The standard InChI is InChI=1S/C37H46N6O6/c1-6-42(27-11-15-49-16-12-27)32-20-26(18-29(24(32)4)34(44)38-21-30-22(2)17-23(3)39-35(30)45)25-7-8-31-33(19-25)40(5)36(46)43(31)28-9-13-41(14-10-28)37(47)48/h7-8,17-20,27-28H,6,9-16,21H2,1-5H3,(H,38,44)(H,39,45)(H,47,48). The number of aryl methyl sites for hydroxylation is 3. The number of carbonyl (C=O) groups is 2. The highest BCUT2D eigenvalue weighted by Crippen LogP contribution is 2.35. The van der Waals surface area contributed by atoms with Crippen molar-refractivity contribution in [3.63, 3.8) is 0 Å². The third-order valence-corrected chi connectivity index (χ3v) is 10.3. The second kappa shape index (κ2) is 13.9. The summed E-state index contributed by atoms with van der Waals surface area (Å²) in [5.74, 6) is -0.268. The van der Waals surface area contributed by atoms with E-state index in [0.717, 1.165) is 64.1 Å². The average molecular weight is 671 g/mol. The molecule has 0 unspecified atom stereocenters. The minimum atomic E-state index is -0.934. The number of nitrogens with one attached hydrogen (secondary N) is 2. The van der Waals surface area contributed by atoms with Gasteiger partial charge in [-0.25, -0.2) is 9.59 Å². The number of piperidine rings is 1. The van der Waals surface area contributed by atoms with E-state index in [-0.39, 0.29) is 35.8 Å². The molecule has 2 fully saturated rings. The minimum absolute atomic E-state index is 0.0964. The van der Waals surface area contributed by atoms with Crippen molar-refractivity contribution in [3.05, 3.63) is 85.2 Å². The Bertz CT molecular complexity index is 2010. The summed E-state index contributed by atoms with van der Waals surface area (Å²) in [4.78, 5) is 58.3. The second-order valence-corrected chi connectivity index (χ2v) is 13.3. The number of aromatic nitrogens is 3. The van der Waals surface area contributed by atoms with Gasteiger partial charge in [-0.15, -0.1) is 0 Å². The zero-order valence-corrected chi connectivity index (χ0v) is 29.0. The second-order valence-electron chi connectivity index (χ2n) is 13.3. The summed E-state index contributed by atoms with van der Waals surface area (Å²) in [7, 11) is 1.76. The monoisotopic (exact) mass is 670 g/mol. The van der Waals surface area contributed by atoms with Crippen LogP contribution in [0.2, 0.25) is 0 Å². The number of H-pyrrole nitrogens is 1. The van der Waals surface area contributed by atoms with Crippen LogP contribution < -0.4 is 21.5 Å². The lowest BCUT2D eigenvalue weighted by atomic mass is 9.95. The highest BCUT2D eigenvalue weighted by molar-refractivity contribution is 5.99. The van der Waals surface area contributed by atoms with Crippen LogP contribution >= 0.6 is 0 Å². The number of pyridine rings is 1. The van der Waals surface area contributed by atoms with E-state index in [4.69, 9.17) is 4.74 Å². The van der Waals surface area contributed by atoms with E-state index in [9.17, 15) is 24.3 Å². The van der Waals surface area contributed by atoms with Crippen LogP contribution in [0, 0.1) is 20.8 Å². The van der Waals surface area contributed by atoms with Crippen LogP contribution in [0.1, 0.15) is 71.4 Å². The maximum Gasteiger partial charge on any atom is 0.407 e. The summed E-state index contributed by atoms with van der Waals surface area (Å²) in [5, 5.41) is 12.4. The molecule has 4 heterocycles. The number of fused-ring (bicyclic) bond motifs is 1. The molecule has 12 nitrogen and oxygen atoms in total. The number of hydrogen-bond acceptors (Lipinski definition) is 6. The molecular formula is C37H46N6O6. The Kier molecular flexibility index (Phi) is 9.69. The molecule has 0 saturated carbocycles. The summed E-state index contributed by atoms with van der Waals surface area (Å²) in [6, 6.07) is 12.0. The van der Waals surface area contributed by atoms with Crippen molar-refractivity contribution in [1.82, 2.24) is 24.3 Å². The molecule has 6 rings (SSSR count). The summed E-state index contributed by atoms with van der Waals surface area (Å²) >= 11 is 0. The molecule has 12 heteroatoms. The summed E-state index contributed by atoms with van der Waals surface area (Å²) in [6.07, 6.45) is 1.99. The van der Waals surface area contributed by atoms with E-state index in [1.165, 1.54) is 4.90 Å². The van der Waals surface area contributed by atoms with E-state index >= 15 is 0 Å². The number of hydrogen-bond donors (Lipinski definition) is 3. The van der Waals surface area contributed by atoms with Crippen LogP contribution in [-0.4, -0.2) is 75.0 Å². The minimum Gasteiger partial charge on any atom is -0.465 e. The highest BCUT2D eigenvalue weighted by Gasteiger charge is 2.28. The van der Waals surface area contributed by atoms with Crippen LogP contribution in [-0.2, 0) is 18.3 Å². The van der Waals surface area contributed by atoms with E-state index in [1.54, 1.807) is 16.2 Å². The molecule has 2 aliphatic heterocycles. The summed E-state index contributed by atoms with van der Waals surface area (Å²) < 4.78 is 9.11. The fourth-order valence-corrected chi connectivity index (χ4v) is 7.60. The normalized spacial score (nSPS) is 15.9. The summed E-state index contributed by atoms with van der Waals surface area (Å²) in [5.41, 5.74) is 7.40. The van der Waals surface area contributed by atoms with Gasteiger partial charge in [0.05, 0.1) is 11.0 Å².